The normalized spacial score (nSPS) is 12.2. The van der Waals surface area contributed by atoms with Crippen molar-refractivity contribution in [3.05, 3.63) is 40.9 Å². The number of hydrogen-bond donors (Lipinski definition) is 2. The summed E-state index contributed by atoms with van der Waals surface area (Å²) in [7, 11) is 1.94. The molecule has 0 aliphatic carbocycles. The van der Waals surface area contributed by atoms with E-state index in [4.69, 9.17) is 5.11 Å². The van der Waals surface area contributed by atoms with Gasteiger partial charge in [0.15, 0.2) is 0 Å². The summed E-state index contributed by atoms with van der Waals surface area (Å²) >= 11 is 3.51. The van der Waals surface area contributed by atoms with E-state index in [-0.39, 0.29) is 12.6 Å². The highest BCUT2D eigenvalue weighted by Crippen LogP contribution is 2.29. The fraction of sp³-hybridized carbons (Fsp3) is 0.429. The minimum absolute atomic E-state index is 0.136. The van der Waals surface area contributed by atoms with Gasteiger partial charge in [0, 0.05) is 29.3 Å². The summed E-state index contributed by atoms with van der Waals surface area (Å²) in [6.45, 7) is 7.37. The van der Waals surface area contributed by atoms with E-state index in [0.717, 1.165) is 16.7 Å². The van der Waals surface area contributed by atoms with E-state index in [9.17, 15) is 0 Å². The van der Waals surface area contributed by atoms with Gasteiger partial charge in [0.2, 0.25) is 0 Å². The third-order valence-electron chi connectivity index (χ3n) is 2.95. The summed E-state index contributed by atoms with van der Waals surface area (Å²) in [5.41, 5.74) is 2.34. The van der Waals surface area contributed by atoms with Gasteiger partial charge in [0.25, 0.3) is 0 Å². The fourth-order valence-electron chi connectivity index (χ4n) is 1.90. The van der Waals surface area contributed by atoms with Crippen molar-refractivity contribution in [3.8, 4) is 0 Å². The number of aliphatic hydroxyl groups excluding tert-OH is 1. The molecule has 0 spiro atoms. The molecule has 1 rings (SSSR count). The van der Waals surface area contributed by atoms with Crippen LogP contribution in [-0.4, -0.2) is 31.9 Å². The maximum atomic E-state index is 9.17. The molecule has 18 heavy (non-hydrogen) atoms. The summed E-state index contributed by atoms with van der Waals surface area (Å²) in [6.07, 6.45) is 1.85. The molecule has 0 radical (unpaired) electrons. The van der Waals surface area contributed by atoms with Crippen LogP contribution in [0.25, 0.3) is 0 Å². The number of rotatable bonds is 7. The van der Waals surface area contributed by atoms with E-state index in [0.29, 0.717) is 6.54 Å². The van der Waals surface area contributed by atoms with Crippen molar-refractivity contribution in [2.45, 2.75) is 13.0 Å². The molecule has 0 bridgehead atoms. The van der Waals surface area contributed by atoms with Crippen LogP contribution >= 0.6 is 15.9 Å². The Kier molecular flexibility index (Phi) is 6.39. The van der Waals surface area contributed by atoms with Gasteiger partial charge < -0.3 is 15.3 Å². The molecule has 0 aliphatic rings. The van der Waals surface area contributed by atoms with Crippen LogP contribution < -0.4 is 10.2 Å². The Bertz CT molecular complexity index is 395. The van der Waals surface area contributed by atoms with Crippen LogP contribution in [0.3, 0.4) is 0 Å². The summed E-state index contributed by atoms with van der Waals surface area (Å²) in [6, 6.07) is 6.47. The first-order chi connectivity index (χ1) is 8.63. The molecule has 1 aromatic rings. The van der Waals surface area contributed by atoms with E-state index in [1.54, 1.807) is 0 Å². The van der Waals surface area contributed by atoms with E-state index in [2.05, 4.69) is 51.8 Å². The first-order valence-electron chi connectivity index (χ1n) is 6.07. The second-order valence-corrected chi connectivity index (χ2v) is 5.09. The Balaban J connectivity index is 3.14. The summed E-state index contributed by atoms with van der Waals surface area (Å²) in [5, 5.41) is 12.4. The Morgan fingerprint density at radius 3 is 2.83 bits per heavy atom. The van der Waals surface area contributed by atoms with Crippen molar-refractivity contribution in [2.75, 3.05) is 31.6 Å². The third kappa shape index (κ3) is 3.83. The van der Waals surface area contributed by atoms with Crippen LogP contribution in [0.5, 0.6) is 0 Å². The Hall–Kier alpha value is -0.840. The SMILES string of the molecule is C=CCN(CCO)c1ccc(Br)cc1C(C)NC. The van der Waals surface area contributed by atoms with Gasteiger partial charge in [0.1, 0.15) is 0 Å². The molecule has 2 N–H and O–H groups in total. The number of nitrogens with one attached hydrogen (secondary N) is 1. The third-order valence-corrected chi connectivity index (χ3v) is 3.44. The summed E-state index contributed by atoms with van der Waals surface area (Å²) in [4.78, 5) is 2.13. The Labute approximate surface area is 118 Å². The van der Waals surface area contributed by atoms with Gasteiger partial charge in [-0.1, -0.05) is 22.0 Å². The van der Waals surface area contributed by atoms with Gasteiger partial charge in [-0.05, 0) is 37.7 Å². The van der Waals surface area contributed by atoms with Crippen LogP contribution in [0.15, 0.2) is 35.3 Å². The molecule has 0 aromatic heterocycles. The molecule has 1 atom stereocenters. The lowest BCUT2D eigenvalue weighted by molar-refractivity contribution is 0.303. The summed E-state index contributed by atoms with van der Waals surface area (Å²) < 4.78 is 1.06. The molecule has 1 unspecified atom stereocenters. The highest BCUT2D eigenvalue weighted by molar-refractivity contribution is 9.10. The van der Waals surface area contributed by atoms with Gasteiger partial charge in [0.05, 0.1) is 6.61 Å². The smallest absolute Gasteiger partial charge is 0.0606 e. The number of halogens is 1. The Morgan fingerprint density at radius 1 is 1.56 bits per heavy atom. The second kappa shape index (κ2) is 7.56. The standard InChI is InChI=1S/C14H21BrN2O/c1-4-7-17(8-9-18)14-6-5-12(15)10-13(14)11(2)16-3/h4-6,10-11,16,18H,1,7-9H2,2-3H3. The molecule has 3 nitrogen and oxygen atoms in total. The monoisotopic (exact) mass is 312 g/mol. The minimum Gasteiger partial charge on any atom is -0.395 e. The molecule has 0 amide bonds. The Morgan fingerprint density at radius 2 is 2.28 bits per heavy atom. The van der Waals surface area contributed by atoms with Crippen molar-refractivity contribution in [2.24, 2.45) is 0 Å². The largest absolute Gasteiger partial charge is 0.395 e. The van der Waals surface area contributed by atoms with Crippen LogP contribution in [0.4, 0.5) is 5.69 Å². The van der Waals surface area contributed by atoms with Crippen LogP contribution in [-0.2, 0) is 0 Å². The van der Waals surface area contributed by atoms with Crippen LogP contribution in [0, 0.1) is 0 Å². The summed E-state index contributed by atoms with van der Waals surface area (Å²) in [5.74, 6) is 0. The molecular formula is C14H21BrN2O. The number of aliphatic hydroxyl groups is 1. The van der Waals surface area contributed by atoms with Crippen molar-refractivity contribution >= 4 is 21.6 Å². The minimum atomic E-state index is 0.136. The zero-order valence-corrected chi connectivity index (χ0v) is 12.6. The predicted octanol–water partition coefficient (Wildman–Crippen LogP) is 2.71. The molecule has 4 heteroatoms. The number of hydrogen-bond acceptors (Lipinski definition) is 3. The average molecular weight is 313 g/mol. The van der Waals surface area contributed by atoms with Crippen molar-refractivity contribution in [1.82, 2.24) is 5.32 Å². The highest BCUT2D eigenvalue weighted by Gasteiger charge is 2.14. The van der Waals surface area contributed by atoms with Gasteiger partial charge in [-0.2, -0.15) is 0 Å². The van der Waals surface area contributed by atoms with Gasteiger partial charge in [-0.3, -0.25) is 0 Å². The zero-order valence-electron chi connectivity index (χ0n) is 11.0. The number of anilines is 1. The maximum Gasteiger partial charge on any atom is 0.0606 e. The van der Waals surface area contributed by atoms with Crippen LogP contribution in [0.2, 0.25) is 0 Å². The van der Waals surface area contributed by atoms with Crippen molar-refractivity contribution < 1.29 is 5.11 Å². The van der Waals surface area contributed by atoms with E-state index >= 15 is 0 Å². The first kappa shape index (κ1) is 15.2. The molecular weight excluding hydrogens is 292 g/mol. The molecule has 0 fully saturated rings. The molecule has 0 saturated carbocycles. The topological polar surface area (TPSA) is 35.5 Å². The molecule has 0 aliphatic heterocycles. The van der Waals surface area contributed by atoms with Gasteiger partial charge >= 0.3 is 0 Å². The lowest BCUT2D eigenvalue weighted by Gasteiger charge is -2.27. The molecule has 0 heterocycles. The lowest BCUT2D eigenvalue weighted by atomic mass is 10.1. The maximum absolute atomic E-state index is 9.17. The predicted molar refractivity (Wildman–Crippen MR) is 81.1 cm³/mol. The van der Waals surface area contributed by atoms with Crippen LogP contribution in [0.1, 0.15) is 18.5 Å². The second-order valence-electron chi connectivity index (χ2n) is 4.17. The van der Waals surface area contributed by atoms with Crippen molar-refractivity contribution in [3.63, 3.8) is 0 Å². The first-order valence-corrected chi connectivity index (χ1v) is 6.86. The zero-order chi connectivity index (χ0) is 13.5. The van der Waals surface area contributed by atoms with Gasteiger partial charge in [-0.25, -0.2) is 0 Å². The number of benzene rings is 1. The number of nitrogens with zero attached hydrogens (tertiary/aromatic N) is 1. The molecule has 100 valence electrons. The molecule has 1 aromatic carbocycles. The highest BCUT2D eigenvalue weighted by atomic mass is 79.9. The van der Waals surface area contributed by atoms with E-state index in [1.165, 1.54) is 5.56 Å². The average Bonchev–Trinajstić information content (AvgIpc) is 2.37. The van der Waals surface area contributed by atoms with E-state index < -0.39 is 0 Å². The van der Waals surface area contributed by atoms with E-state index in [1.807, 2.05) is 19.2 Å². The quantitative estimate of drug-likeness (QED) is 0.760. The molecule has 0 saturated heterocycles. The van der Waals surface area contributed by atoms with Crippen molar-refractivity contribution in [1.29, 1.82) is 0 Å². The fourth-order valence-corrected chi connectivity index (χ4v) is 2.28. The lowest BCUT2D eigenvalue weighted by Crippen LogP contribution is -2.29. The van der Waals surface area contributed by atoms with Gasteiger partial charge in [-0.15, -0.1) is 6.58 Å².